The lowest BCUT2D eigenvalue weighted by Crippen LogP contribution is -2.35. The second-order valence-electron chi connectivity index (χ2n) is 6.64. The maximum absolute atomic E-state index is 12.4. The predicted octanol–water partition coefficient (Wildman–Crippen LogP) is 1.46. The van der Waals surface area contributed by atoms with Crippen molar-refractivity contribution in [3.63, 3.8) is 0 Å². The molecule has 0 unspecified atom stereocenters. The van der Waals surface area contributed by atoms with Crippen LogP contribution in [0, 0.1) is 0 Å². The zero-order valence-electron chi connectivity index (χ0n) is 14.3. The van der Waals surface area contributed by atoms with E-state index >= 15 is 0 Å². The van der Waals surface area contributed by atoms with Gasteiger partial charge in [-0.2, -0.15) is 0 Å². The lowest BCUT2D eigenvalue weighted by molar-refractivity contribution is 0.0923. The summed E-state index contributed by atoms with van der Waals surface area (Å²) in [5.74, 6) is 0.224. The highest BCUT2D eigenvalue weighted by molar-refractivity contribution is 6.05. The highest BCUT2D eigenvalue weighted by atomic mass is 16.3. The molecule has 1 fully saturated rings. The number of aromatic nitrogens is 2. The van der Waals surface area contributed by atoms with Crippen LogP contribution in [-0.4, -0.2) is 50.9 Å². The van der Waals surface area contributed by atoms with Gasteiger partial charge in [0.1, 0.15) is 0 Å². The van der Waals surface area contributed by atoms with Gasteiger partial charge in [-0.3, -0.25) is 4.79 Å². The number of anilines is 1. The maximum Gasteiger partial charge on any atom is 0.253 e. The standard InChI is InChI=1S/C18H24N4O3/c1-11(10-23)20-17(25)15-4-2-3-12-9-19-18(22-16(12)15)21-13-5-7-14(24)8-6-13/h2-4,9,11,13-14,23-24H,5-8,10H2,1H3,(H,20,25)(H,19,21,22)/t11-,13-,14-/m0/s1. The third-order valence-electron chi connectivity index (χ3n) is 4.54. The maximum atomic E-state index is 12.4. The van der Waals surface area contributed by atoms with Gasteiger partial charge < -0.3 is 20.8 Å². The van der Waals surface area contributed by atoms with E-state index in [1.165, 1.54) is 0 Å². The summed E-state index contributed by atoms with van der Waals surface area (Å²) < 4.78 is 0. The molecule has 1 aromatic heterocycles. The van der Waals surface area contributed by atoms with E-state index in [2.05, 4.69) is 20.6 Å². The fourth-order valence-electron chi connectivity index (χ4n) is 3.06. The van der Waals surface area contributed by atoms with E-state index in [0.717, 1.165) is 31.1 Å². The number of hydrogen-bond acceptors (Lipinski definition) is 6. The average molecular weight is 344 g/mol. The van der Waals surface area contributed by atoms with Crippen LogP contribution in [0.15, 0.2) is 24.4 Å². The molecular formula is C18H24N4O3. The molecule has 0 aliphatic heterocycles. The molecule has 1 aliphatic carbocycles. The lowest BCUT2D eigenvalue weighted by atomic mass is 9.93. The molecule has 1 aromatic carbocycles. The Balaban J connectivity index is 1.83. The minimum absolute atomic E-state index is 0.119. The van der Waals surface area contributed by atoms with E-state index in [9.17, 15) is 9.90 Å². The molecule has 7 heteroatoms. The van der Waals surface area contributed by atoms with Crippen molar-refractivity contribution >= 4 is 22.8 Å². The van der Waals surface area contributed by atoms with Gasteiger partial charge in [-0.25, -0.2) is 9.97 Å². The number of benzene rings is 1. The Hall–Kier alpha value is -2.25. The van der Waals surface area contributed by atoms with Crippen molar-refractivity contribution in [1.82, 2.24) is 15.3 Å². The zero-order chi connectivity index (χ0) is 17.8. The molecule has 1 amide bonds. The summed E-state index contributed by atoms with van der Waals surface area (Å²) in [7, 11) is 0. The summed E-state index contributed by atoms with van der Waals surface area (Å²) in [5, 5.41) is 25.6. The predicted molar refractivity (Wildman–Crippen MR) is 95.4 cm³/mol. The van der Waals surface area contributed by atoms with Crippen molar-refractivity contribution in [3.05, 3.63) is 30.0 Å². The number of aliphatic hydroxyl groups excluding tert-OH is 2. The molecule has 1 aliphatic rings. The number of amides is 1. The second-order valence-corrected chi connectivity index (χ2v) is 6.64. The number of nitrogens with one attached hydrogen (secondary N) is 2. The number of fused-ring (bicyclic) bond motifs is 1. The Morgan fingerprint density at radius 2 is 2.08 bits per heavy atom. The van der Waals surface area contributed by atoms with Gasteiger partial charge in [0.05, 0.1) is 23.8 Å². The van der Waals surface area contributed by atoms with Crippen molar-refractivity contribution in [3.8, 4) is 0 Å². The normalized spacial score (nSPS) is 21.7. The molecule has 1 atom stereocenters. The molecule has 0 saturated heterocycles. The summed E-state index contributed by atoms with van der Waals surface area (Å²) in [4.78, 5) is 21.3. The molecule has 7 nitrogen and oxygen atoms in total. The fraction of sp³-hybridized carbons (Fsp3) is 0.500. The van der Waals surface area contributed by atoms with Crippen molar-refractivity contribution in [2.75, 3.05) is 11.9 Å². The van der Waals surface area contributed by atoms with Gasteiger partial charge in [-0.15, -0.1) is 0 Å². The van der Waals surface area contributed by atoms with Crippen molar-refractivity contribution in [2.45, 2.75) is 50.8 Å². The van der Waals surface area contributed by atoms with Crippen LogP contribution < -0.4 is 10.6 Å². The third kappa shape index (κ3) is 4.24. The largest absolute Gasteiger partial charge is 0.394 e. The van der Waals surface area contributed by atoms with Gasteiger partial charge in [-0.05, 0) is 38.7 Å². The van der Waals surface area contributed by atoms with Crippen molar-refractivity contribution in [2.24, 2.45) is 0 Å². The molecule has 1 saturated carbocycles. The van der Waals surface area contributed by atoms with Crippen LogP contribution in [0.1, 0.15) is 43.0 Å². The number of aliphatic hydroxyl groups is 2. The van der Waals surface area contributed by atoms with Crippen molar-refractivity contribution < 1.29 is 15.0 Å². The second kappa shape index (κ2) is 7.76. The van der Waals surface area contributed by atoms with Crippen LogP contribution in [0.4, 0.5) is 5.95 Å². The smallest absolute Gasteiger partial charge is 0.253 e. The Morgan fingerprint density at radius 3 is 2.80 bits per heavy atom. The first-order valence-electron chi connectivity index (χ1n) is 8.69. The Morgan fingerprint density at radius 1 is 1.32 bits per heavy atom. The zero-order valence-corrected chi connectivity index (χ0v) is 14.3. The molecule has 3 rings (SSSR count). The van der Waals surface area contributed by atoms with Crippen LogP contribution in [0.3, 0.4) is 0 Å². The minimum Gasteiger partial charge on any atom is -0.394 e. The molecule has 1 heterocycles. The van der Waals surface area contributed by atoms with Gasteiger partial charge in [0.25, 0.3) is 5.91 Å². The molecule has 2 aromatic rings. The van der Waals surface area contributed by atoms with E-state index in [-0.39, 0.29) is 30.7 Å². The average Bonchev–Trinajstić information content (AvgIpc) is 2.63. The first-order chi connectivity index (χ1) is 12.1. The SMILES string of the molecule is C[C@@H](CO)NC(=O)c1cccc2cnc(N[C@H]3CC[C@H](O)CC3)nc12. The van der Waals surface area contributed by atoms with E-state index in [1.54, 1.807) is 25.3 Å². The van der Waals surface area contributed by atoms with Crippen LogP contribution >= 0.6 is 0 Å². The quantitative estimate of drug-likeness (QED) is 0.654. The number of carbonyl (C=O) groups excluding carboxylic acids is 1. The minimum atomic E-state index is -0.323. The highest BCUT2D eigenvalue weighted by Crippen LogP contribution is 2.22. The monoisotopic (exact) mass is 344 g/mol. The number of hydrogen-bond donors (Lipinski definition) is 4. The topological polar surface area (TPSA) is 107 Å². The van der Waals surface area contributed by atoms with Crippen molar-refractivity contribution in [1.29, 1.82) is 0 Å². The fourth-order valence-corrected chi connectivity index (χ4v) is 3.06. The number of rotatable bonds is 5. The van der Waals surface area contributed by atoms with Crippen LogP contribution in [0.2, 0.25) is 0 Å². The van der Waals surface area contributed by atoms with E-state index in [4.69, 9.17) is 5.11 Å². The molecule has 0 radical (unpaired) electrons. The van der Waals surface area contributed by atoms with Gasteiger partial charge in [0.15, 0.2) is 0 Å². The molecular weight excluding hydrogens is 320 g/mol. The van der Waals surface area contributed by atoms with Crippen LogP contribution in [0.25, 0.3) is 10.9 Å². The third-order valence-corrected chi connectivity index (χ3v) is 4.54. The Bertz CT molecular complexity index is 744. The summed E-state index contributed by atoms with van der Waals surface area (Å²) in [6.45, 7) is 1.62. The first-order valence-corrected chi connectivity index (χ1v) is 8.69. The van der Waals surface area contributed by atoms with E-state index in [1.807, 2.05) is 6.07 Å². The summed E-state index contributed by atoms with van der Waals surface area (Å²) in [6.07, 6.45) is 4.79. The summed E-state index contributed by atoms with van der Waals surface area (Å²) >= 11 is 0. The van der Waals surface area contributed by atoms with Gasteiger partial charge >= 0.3 is 0 Å². The lowest BCUT2D eigenvalue weighted by Gasteiger charge is -2.26. The molecule has 0 bridgehead atoms. The van der Waals surface area contributed by atoms with Crippen LogP contribution in [0.5, 0.6) is 0 Å². The number of carbonyl (C=O) groups is 1. The summed E-state index contributed by atoms with van der Waals surface area (Å²) in [6, 6.07) is 5.28. The first kappa shape index (κ1) is 17.6. The summed E-state index contributed by atoms with van der Waals surface area (Å²) in [5.41, 5.74) is 1.04. The molecule has 25 heavy (non-hydrogen) atoms. The molecule has 134 valence electrons. The Labute approximate surface area is 146 Å². The molecule has 4 N–H and O–H groups in total. The molecule has 0 spiro atoms. The van der Waals surface area contributed by atoms with Gasteiger partial charge in [-0.1, -0.05) is 12.1 Å². The van der Waals surface area contributed by atoms with Gasteiger partial charge in [0, 0.05) is 23.7 Å². The number of nitrogens with zero attached hydrogens (tertiary/aromatic N) is 2. The Kier molecular flexibility index (Phi) is 5.45. The van der Waals surface area contributed by atoms with Gasteiger partial charge in [0.2, 0.25) is 5.95 Å². The highest BCUT2D eigenvalue weighted by Gasteiger charge is 2.20. The van der Waals surface area contributed by atoms with E-state index < -0.39 is 0 Å². The number of para-hydroxylation sites is 1. The van der Waals surface area contributed by atoms with E-state index in [0.29, 0.717) is 17.0 Å². The van der Waals surface area contributed by atoms with Crippen LogP contribution in [-0.2, 0) is 0 Å².